The van der Waals surface area contributed by atoms with E-state index in [0.717, 1.165) is 0 Å². The zero-order chi connectivity index (χ0) is 23.0. The van der Waals surface area contributed by atoms with Crippen LogP contribution in [0.25, 0.3) is 0 Å². The normalized spacial score (nSPS) is 9.81. The number of benzene rings is 2. The minimum atomic E-state index is -0.557. The fourth-order valence-electron chi connectivity index (χ4n) is 2.48. The molecule has 0 unspecified atom stereocenters. The van der Waals surface area contributed by atoms with Crippen molar-refractivity contribution in [2.45, 2.75) is 0 Å². The molecule has 0 heterocycles. The first kappa shape index (κ1) is 23.4. The number of methoxy groups -OCH3 is 4. The quantitative estimate of drug-likeness (QED) is 0.343. The van der Waals surface area contributed by atoms with Gasteiger partial charge in [-0.1, -0.05) is 0 Å². The lowest BCUT2D eigenvalue weighted by molar-refractivity contribution is 0.0600. The van der Waals surface area contributed by atoms with Gasteiger partial charge in [0.05, 0.1) is 34.0 Å². The number of nitrogens with one attached hydrogen (secondary N) is 3. The van der Waals surface area contributed by atoms with Gasteiger partial charge in [0.25, 0.3) is 11.8 Å². The Morgan fingerprint density at radius 1 is 0.742 bits per heavy atom. The summed E-state index contributed by atoms with van der Waals surface area (Å²) in [6.45, 7) is 0. The fraction of sp³-hybridized carbons (Fsp3) is 0.200. The first-order chi connectivity index (χ1) is 14.8. The van der Waals surface area contributed by atoms with Gasteiger partial charge in [-0.25, -0.2) is 4.79 Å². The highest BCUT2D eigenvalue weighted by Crippen LogP contribution is 2.38. The molecule has 2 rings (SSSR count). The number of carbonyl (C=O) groups is 3. The summed E-state index contributed by atoms with van der Waals surface area (Å²) < 4.78 is 20.2. The number of hydrogen-bond acceptors (Lipinski definition) is 8. The highest BCUT2D eigenvalue weighted by atomic mass is 32.1. The van der Waals surface area contributed by atoms with Crippen molar-refractivity contribution in [1.29, 1.82) is 0 Å². The Morgan fingerprint density at radius 3 is 1.77 bits per heavy atom. The molecule has 0 spiro atoms. The highest BCUT2D eigenvalue weighted by Gasteiger charge is 2.17. The molecule has 2 aromatic carbocycles. The Balaban J connectivity index is 1.98. The van der Waals surface area contributed by atoms with Crippen molar-refractivity contribution < 1.29 is 33.3 Å². The smallest absolute Gasteiger partial charge is 0.337 e. The molecule has 0 aromatic heterocycles. The van der Waals surface area contributed by atoms with E-state index in [1.807, 2.05) is 0 Å². The number of rotatable bonds is 6. The van der Waals surface area contributed by atoms with Crippen LogP contribution in [-0.2, 0) is 4.74 Å². The van der Waals surface area contributed by atoms with E-state index in [1.165, 1.54) is 64.8 Å². The zero-order valence-electron chi connectivity index (χ0n) is 17.2. The summed E-state index contributed by atoms with van der Waals surface area (Å²) in [4.78, 5) is 36.1. The van der Waals surface area contributed by atoms with Gasteiger partial charge in [0, 0.05) is 11.1 Å². The predicted octanol–water partition coefficient (Wildman–Crippen LogP) is 1.45. The van der Waals surface area contributed by atoms with Crippen LogP contribution in [0.15, 0.2) is 36.4 Å². The van der Waals surface area contributed by atoms with Gasteiger partial charge in [-0.2, -0.15) is 0 Å². The number of carbonyl (C=O) groups excluding carboxylic acids is 3. The van der Waals surface area contributed by atoms with Gasteiger partial charge in [-0.15, -0.1) is 0 Å². The third kappa shape index (κ3) is 5.82. The molecule has 2 amide bonds. The molecule has 11 heteroatoms. The number of hydrogen-bond donors (Lipinski definition) is 3. The summed E-state index contributed by atoms with van der Waals surface area (Å²) >= 11 is 5.02. The molecule has 0 aliphatic rings. The third-order valence-corrected chi connectivity index (χ3v) is 4.22. The second kappa shape index (κ2) is 10.8. The standard InChI is InChI=1S/C20H21N3O7S/c1-27-14-9-13(10-15(28-2)16(14)29-3)18(25)22-23-20(31)21-17(24)11-5-7-12(8-6-11)19(26)30-4/h5-10H,1-4H3,(H,22,25)(H2,21,23,24,31). The Morgan fingerprint density at radius 2 is 1.29 bits per heavy atom. The van der Waals surface area contributed by atoms with Crippen LogP contribution < -0.4 is 30.4 Å². The maximum atomic E-state index is 12.4. The molecule has 0 radical (unpaired) electrons. The van der Waals surface area contributed by atoms with Crippen LogP contribution in [0.3, 0.4) is 0 Å². The van der Waals surface area contributed by atoms with E-state index in [-0.39, 0.29) is 16.2 Å². The molecular weight excluding hydrogens is 426 g/mol. The summed E-state index contributed by atoms with van der Waals surface area (Å²) in [6.07, 6.45) is 0. The Hall–Kier alpha value is -3.86. The van der Waals surface area contributed by atoms with E-state index in [2.05, 4.69) is 20.9 Å². The molecular formula is C20H21N3O7S. The van der Waals surface area contributed by atoms with E-state index in [1.54, 1.807) is 0 Å². The summed E-state index contributed by atoms with van der Waals surface area (Å²) in [5, 5.41) is 2.27. The number of hydrazine groups is 1. The maximum absolute atomic E-state index is 12.4. The van der Waals surface area contributed by atoms with E-state index in [0.29, 0.717) is 22.8 Å². The first-order valence-electron chi connectivity index (χ1n) is 8.74. The second-order valence-electron chi connectivity index (χ2n) is 5.85. The van der Waals surface area contributed by atoms with Crippen LogP contribution in [0.2, 0.25) is 0 Å². The summed E-state index contributed by atoms with van der Waals surface area (Å²) in [7, 11) is 5.57. The first-order valence-corrected chi connectivity index (χ1v) is 9.15. The van der Waals surface area contributed by atoms with Gasteiger partial charge in [0.15, 0.2) is 16.6 Å². The van der Waals surface area contributed by atoms with Crippen molar-refractivity contribution in [3.8, 4) is 17.2 Å². The van der Waals surface area contributed by atoms with E-state index >= 15 is 0 Å². The zero-order valence-corrected chi connectivity index (χ0v) is 18.0. The molecule has 0 aliphatic carbocycles. The maximum Gasteiger partial charge on any atom is 0.337 e. The number of ether oxygens (including phenoxy) is 4. The lowest BCUT2D eigenvalue weighted by Gasteiger charge is -2.15. The highest BCUT2D eigenvalue weighted by molar-refractivity contribution is 7.80. The molecule has 0 saturated carbocycles. The van der Waals surface area contributed by atoms with Crippen LogP contribution in [0.1, 0.15) is 31.1 Å². The summed E-state index contributed by atoms with van der Waals surface area (Å²) in [6, 6.07) is 8.70. The van der Waals surface area contributed by atoms with Crippen molar-refractivity contribution in [2.24, 2.45) is 0 Å². The van der Waals surface area contributed by atoms with Crippen molar-refractivity contribution in [3.05, 3.63) is 53.1 Å². The van der Waals surface area contributed by atoms with E-state index in [4.69, 9.17) is 26.4 Å². The molecule has 10 nitrogen and oxygen atoms in total. The molecule has 31 heavy (non-hydrogen) atoms. The number of esters is 1. The predicted molar refractivity (Wildman–Crippen MR) is 115 cm³/mol. The largest absolute Gasteiger partial charge is 0.493 e. The molecule has 0 atom stereocenters. The molecule has 0 fully saturated rings. The average molecular weight is 447 g/mol. The minimum Gasteiger partial charge on any atom is -0.493 e. The summed E-state index contributed by atoms with van der Waals surface area (Å²) in [5.74, 6) is -0.653. The van der Waals surface area contributed by atoms with Crippen LogP contribution in [0, 0.1) is 0 Å². The van der Waals surface area contributed by atoms with Gasteiger partial charge in [0.1, 0.15) is 0 Å². The molecule has 0 aliphatic heterocycles. The third-order valence-electron chi connectivity index (χ3n) is 4.01. The Bertz CT molecular complexity index is 968. The monoisotopic (exact) mass is 447 g/mol. The van der Waals surface area contributed by atoms with Gasteiger partial charge in [0.2, 0.25) is 5.75 Å². The molecule has 0 bridgehead atoms. The number of amides is 2. The van der Waals surface area contributed by atoms with Crippen LogP contribution >= 0.6 is 12.2 Å². The van der Waals surface area contributed by atoms with Crippen LogP contribution in [-0.4, -0.2) is 51.3 Å². The topological polar surface area (TPSA) is 124 Å². The Labute approximate surface area is 183 Å². The second-order valence-corrected chi connectivity index (χ2v) is 6.25. The van der Waals surface area contributed by atoms with Gasteiger partial charge in [-0.05, 0) is 48.6 Å². The minimum absolute atomic E-state index is 0.136. The van der Waals surface area contributed by atoms with Crippen molar-refractivity contribution in [2.75, 3.05) is 28.4 Å². The lowest BCUT2D eigenvalue weighted by atomic mass is 10.1. The molecule has 164 valence electrons. The van der Waals surface area contributed by atoms with Crippen molar-refractivity contribution in [3.63, 3.8) is 0 Å². The molecule has 3 N–H and O–H groups in total. The Kier molecular flexibility index (Phi) is 8.15. The van der Waals surface area contributed by atoms with Gasteiger partial charge >= 0.3 is 5.97 Å². The lowest BCUT2D eigenvalue weighted by Crippen LogP contribution is -2.48. The fourth-order valence-corrected chi connectivity index (χ4v) is 2.62. The van der Waals surface area contributed by atoms with Crippen molar-refractivity contribution >= 4 is 35.1 Å². The molecule has 0 saturated heterocycles. The average Bonchev–Trinajstić information content (AvgIpc) is 2.80. The summed E-state index contributed by atoms with van der Waals surface area (Å²) in [5.41, 5.74) is 5.57. The number of thiocarbonyl (C=S) groups is 1. The molecule has 2 aromatic rings. The SMILES string of the molecule is COC(=O)c1ccc(C(=O)NC(=S)NNC(=O)c2cc(OC)c(OC)c(OC)c2)cc1. The van der Waals surface area contributed by atoms with Crippen LogP contribution in [0.5, 0.6) is 17.2 Å². The van der Waals surface area contributed by atoms with E-state index in [9.17, 15) is 14.4 Å². The van der Waals surface area contributed by atoms with Crippen LogP contribution in [0.4, 0.5) is 0 Å². The van der Waals surface area contributed by atoms with Crippen molar-refractivity contribution in [1.82, 2.24) is 16.2 Å². The van der Waals surface area contributed by atoms with Gasteiger partial charge < -0.3 is 18.9 Å². The van der Waals surface area contributed by atoms with Gasteiger partial charge in [-0.3, -0.25) is 25.8 Å². The van der Waals surface area contributed by atoms with E-state index < -0.39 is 17.8 Å².